The van der Waals surface area contributed by atoms with E-state index in [4.69, 9.17) is 10.2 Å². The lowest BCUT2D eigenvalue weighted by atomic mass is 9.94. The molecule has 1 fully saturated rings. The third-order valence-electron chi connectivity index (χ3n) is 3.33. The Morgan fingerprint density at radius 3 is 2.47 bits per heavy atom. The average molecular weight is 245 g/mol. The molecule has 5 heteroatoms. The minimum atomic E-state index is -0.981. The highest BCUT2D eigenvalue weighted by molar-refractivity contribution is 5.67. The highest BCUT2D eigenvalue weighted by atomic mass is 16.4. The lowest BCUT2D eigenvalue weighted by molar-refractivity contribution is -0.139. The van der Waals surface area contributed by atoms with Crippen LogP contribution >= 0.6 is 0 Å². The fraction of sp³-hybridized carbons (Fsp3) is 0.917. The second-order valence-electron chi connectivity index (χ2n) is 4.76. The van der Waals surface area contributed by atoms with Gasteiger partial charge < -0.3 is 15.3 Å². The number of aliphatic carboxylic acids is 1. The molecule has 1 rings (SSSR count). The van der Waals surface area contributed by atoms with Gasteiger partial charge in [0.1, 0.15) is 0 Å². The first-order chi connectivity index (χ1) is 8.13. The van der Waals surface area contributed by atoms with Crippen molar-refractivity contribution in [2.45, 2.75) is 50.7 Å². The maximum Gasteiger partial charge on any atom is 0.306 e. The molecule has 1 aliphatic carbocycles. The Kier molecular flexibility index (Phi) is 6.47. The van der Waals surface area contributed by atoms with Gasteiger partial charge in [-0.1, -0.05) is 19.3 Å². The second-order valence-corrected chi connectivity index (χ2v) is 4.76. The van der Waals surface area contributed by atoms with E-state index in [1.807, 2.05) is 4.90 Å². The Hall–Kier alpha value is -0.650. The van der Waals surface area contributed by atoms with Crippen LogP contribution in [0, 0.1) is 0 Å². The molecule has 17 heavy (non-hydrogen) atoms. The molecule has 1 aliphatic rings. The van der Waals surface area contributed by atoms with Gasteiger partial charge in [0, 0.05) is 19.1 Å². The van der Waals surface area contributed by atoms with Crippen molar-refractivity contribution in [2.24, 2.45) is 0 Å². The molecule has 0 heterocycles. The van der Waals surface area contributed by atoms with Crippen LogP contribution in [0.15, 0.2) is 0 Å². The first-order valence-corrected chi connectivity index (χ1v) is 6.38. The van der Waals surface area contributed by atoms with Gasteiger partial charge in [0.2, 0.25) is 0 Å². The zero-order valence-corrected chi connectivity index (χ0v) is 10.2. The van der Waals surface area contributed by atoms with Crippen LogP contribution in [0.2, 0.25) is 0 Å². The van der Waals surface area contributed by atoms with Crippen molar-refractivity contribution >= 4 is 5.97 Å². The molecule has 1 atom stereocenters. The SMILES string of the molecule is O=C(O)CC(O)CN(CCO)C1CCCCC1. The largest absolute Gasteiger partial charge is 0.481 e. The van der Waals surface area contributed by atoms with Crippen molar-refractivity contribution in [3.63, 3.8) is 0 Å². The molecule has 100 valence electrons. The standard InChI is InChI=1S/C12H23NO4/c14-7-6-13(9-11(15)8-12(16)17)10-4-2-1-3-5-10/h10-11,14-15H,1-9H2,(H,16,17). The molecule has 0 aliphatic heterocycles. The number of rotatable bonds is 7. The lowest BCUT2D eigenvalue weighted by Crippen LogP contribution is -2.43. The van der Waals surface area contributed by atoms with Gasteiger partial charge in [-0.25, -0.2) is 0 Å². The number of nitrogens with zero attached hydrogens (tertiary/aromatic N) is 1. The van der Waals surface area contributed by atoms with Crippen LogP contribution in [0.3, 0.4) is 0 Å². The monoisotopic (exact) mass is 245 g/mol. The molecule has 0 spiro atoms. The molecular formula is C12H23NO4. The minimum Gasteiger partial charge on any atom is -0.481 e. The summed E-state index contributed by atoms with van der Waals surface area (Å²) < 4.78 is 0. The van der Waals surface area contributed by atoms with Gasteiger partial charge in [0.25, 0.3) is 0 Å². The van der Waals surface area contributed by atoms with Crippen molar-refractivity contribution in [1.29, 1.82) is 0 Å². The van der Waals surface area contributed by atoms with E-state index in [-0.39, 0.29) is 13.0 Å². The van der Waals surface area contributed by atoms with E-state index in [0.717, 1.165) is 12.8 Å². The fourth-order valence-corrected chi connectivity index (χ4v) is 2.53. The number of hydrogen-bond acceptors (Lipinski definition) is 4. The van der Waals surface area contributed by atoms with Gasteiger partial charge in [0.05, 0.1) is 19.1 Å². The third kappa shape index (κ3) is 5.48. The van der Waals surface area contributed by atoms with Crippen molar-refractivity contribution < 1.29 is 20.1 Å². The van der Waals surface area contributed by atoms with Crippen LogP contribution in [-0.2, 0) is 4.79 Å². The first-order valence-electron chi connectivity index (χ1n) is 6.38. The van der Waals surface area contributed by atoms with E-state index in [1.54, 1.807) is 0 Å². The Balaban J connectivity index is 2.43. The second kappa shape index (κ2) is 7.63. The molecule has 0 aromatic rings. The van der Waals surface area contributed by atoms with Crippen molar-refractivity contribution in [3.8, 4) is 0 Å². The smallest absolute Gasteiger partial charge is 0.306 e. The Morgan fingerprint density at radius 2 is 1.94 bits per heavy atom. The van der Waals surface area contributed by atoms with E-state index in [9.17, 15) is 9.90 Å². The summed E-state index contributed by atoms with van der Waals surface area (Å²) in [6.07, 6.45) is 4.71. The third-order valence-corrected chi connectivity index (χ3v) is 3.33. The highest BCUT2D eigenvalue weighted by Gasteiger charge is 2.23. The molecule has 0 radical (unpaired) electrons. The molecule has 0 aromatic carbocycles. The summed E-state index contributed by atoms with van der Waals surface area (Å²) >= 11 is 0. The van der Waals surface area contributed by atoms with E-state index in [0.29, 0.717) is 19.1 Å². The number of carboxylic acid groups (broad SMARTS) is 1. The Labute approximate surface area is 102 Å². The Bertz CT molecular complexity index is 229. The van der Waals surface area contributed by atoms with Crippen molar-refractivity contribution in [2.75, 3.05) is 19.7 Å². The zero-order valence-electron chi connectivity index (χ0n) is 10.2. The Morgan fingerprint density at radius 1 is 1.29 bits per heavy atom. The minimum absolute atomic E-state index is 0.0519. The number of carbonyl (C=O) groups is 1. The van der Waals surface area contributed by atoms with E-state index in [1.165, 1.54) is 19.3 Å². The predicted octanol–water partition coefficient (Wildman–Crippen LogP) is 0.449. The van der Waals surface area contributed by atoms with Gasteiger partial charge in [-0.2, -0.15) is 0 Å². The summed E-state index contributed by atoms with van der Waals surface area (Å²) in [6, 6.07) is 0.388. The predicted molar refractivity (Wildman–Crippen MR) is 63.8 cm³/mol. The molecule has 0 saturated heterocycles. The molecular weight excluding hydrogens is 222 g/mol. The zero-order chi connectivity index (χ0) is 12.7. The van der Waals surface area contributed by atoms with Gasteiger partial charge in [-0.15, -0.1) is 0 Å². The quantitative estimate of drug-likeness (QED) is 0.606. The molecule has 3 N–H and O–H groups in total. The number of aliphatic hydroxyl groups is 2. The van der Waals surface area contributed by atoms with E-state index >= 15 is 0 Å². The average Bonchev–Trinajstić information content (AvgIpc) is 2.28. The normalized spacial score (nSPS) is 19.5. The van der Waals surface area contributed by atoms with Crippen molar-refractivity contribution in [3.05, 3.63) is 0 Å². The van der Waals surface area contributed by atoms with Gasteiger partial charge in [-0.3, -0.25) is 9.69 Å². The molecule has 0 aromatic heterocycles. The summed E-state index contributed by atoms with van der Waals surface area (Å²) in [4.78, 5) is 12.5. The fourth-order valence-electron chi connectivity index (χ4n) is 2.53. The summed E-state index contributed by atoms with van der Waals surface area (Å²) in [5.74, 6) is -0.981. The first kappa shape index (κ1) is 14.4. The molecule has 1 saturated carbocycles. The summed E-state index contributed by atoms with van der Waals surface area (Å²) in [6.45, 7) is 0.912. The van der Waals surface area contributed by atoms with Crippen molar-refractivity contribution in [1.82, 2.24) is 4.90 Å². The lowest BCUT2D eigenvalue weighted by Gasteiger charge is -2.35. The summed E-state index contributed by atoms with van der Waals surface area (Å²) in [7, 11) is 0. The van der Waals surface area contributed by atoms with E-state index < -0.39 is 12.1 Å². The maximum atomic E-state index is 10.5. The number of hydrogen-bond donors (Lipinski definition) is 3. The van der Waals surface area contributed by atoms with Crippen LogP contribution in [-0.4, -0.2) is 58.0 Å². The molecule has 1 unspecified atom stereocenters. The van der Waals surface area contributed by atoms with Crippen LogP contribution in [0.5, 0.6) is 0 Å². The van der Waals surface area contributed by atoms with Gasteiger partial charge in [0.15, 0.2) is 0 Å². The molecule has 5 nitrogen and oxygen atoms in total. The van der Waals surface area contributed by atoms with Crippen LogP contribution < -0.4 is 0 Å². The summed E-state index contributed by atoms with van der Waals surface area (Å²) in [5.41, 5.74) is 0. The van der Waals surface area contributed by atoms with Crippen LogP contribution in [0.25, 0.3) is 0 Å². The maximum absolute atomic E-state index is 10.5. The van der Waals surface area contributed by atoms with Gasteiger partial charge in [-0.05, 0) is 12.8 Å². The number of aliphatic hydroxyl groups excluding tert-OH is 2. The highest BCUT2D eigenvalue weighted by Crippen LogP contribution is 2.22. The van der Waals surface area contributed by atoms with Crippen LogP contribution in [0.1, 0.15) is 38.5 Å². The number of carboxylic acids is 1. The van der Waals surface area contributed by atoms with E-state index in [2.05, 4.69) is 0 Å². The van der Waals surface area contributed by atoms with Gasteiger partial charge >= 0.3 is 5.97 Å². The molecule has 0 bridgehead atoms. The summed E-state index contributed by atoms with van der Waals surface area (Å²) in [5, 5.41) is 27.3. The molecule has 0 amide bonds. The topological polar surface area (TPSA) is 81.0 Å². The van der Waals surface area contributed by atoms with Crippen LogP contribution in [0.4, 0.5) is 0 Å².